The molecule has 0 spiro atoms. The van der Waals surface area contributed by atoms with Crippen LogP contribution in [0.4, 0.5) is 5.69 Å². The normalized spacial score (nSPS) is 16.1. The Labute approximate surface area is 183 Å². The predicted molar refractivity (Wildman–Crippen MR) is 124 cm³/mol. The summed E-state index contributed by atoms with van der Waals surface area (Å²) in [5, 5.41) is 10.5. The Hall–Kier alpha value is -2.49. The quantitative estimate of drug-likeness (QED) is 0.535. The number of rotatable bonds is 7. The van der Waals surface area contributed by atoms with Crippen LogP contribution in [0.3, 0.4) is 0 Å². The number of ether oxygens (including phenoxy) is 1. The van der Waals surface area contributed by atoms with E-state index in [1.807, 2.05) is 24.3 Å². The van der Waals surface area contributed by atoms with Crippen molar-refractivity contribution in [3.05, 3.63) is 94.0 Å². The number of hydrogen-bond donors (Lipinski definition) is 1. The van der Waals surface area contributed by atoms with E-state index < -0.39 is 0 Å². The van der Waals surface area contributed by atoms with Gasteiger partial charge in [0, 0.05) is 24.2 Å². The molecule has 3 aromatic rings. The predicted octanol–water partition coefficient (Wildman–Crippen LogP) is 5.64. The second-order valence-electron chi connectivity index (χ2n) is 7.83. The highest BCUT2D eigenvalue weighted by molar-refractivity contribution is 6.32. The van der Waals surface area contributed by atoms with Crippen molar-refractivity contribution in [3.63, 3.8) is 0 Å². The molecule has 0 unspecified atom stereocenters. The summed E-state index contributed by atoms with van der Waals surface area (Å²) in [6.07, 6.45) is 2.95. The van der Waals surface area contributed by atoms with Gasteiger partial charge in [-0.25, -0.2) is 0 Å². The highest BCUT2D eigenvalue weighted by Gasteiger charge is 2.26. The minimum Gasteiger partial charge on any atom is -0.487 e. The average Bonchev–Trinajstić information content (AvgIpc) is 3.24. The Morgan fingerprint density at radius 1 is 1.00 bits per heavy atom. The van der Waals surface area contributed by atoms with Crippen LogP contribution >= 0.6 is 11.6 Å². The fourth-order valence-electron chi connectivity index (χ4n) is 4.21. The molecule has 3 aromatic carbocycles. The molecular formula is C26H28ClNO2. The van der Waals surface area contributed by atoms with E-state index >= 15 is 0 Å². The Kier molecular flexibility index (Phi) is 6.61. The zero-order chi connectivity index (χ0) is 20.9. The number of aryl methyl sites for hydroxylation is 1. The first-order valence-corrected chi connectivity index (χ1v) is 11.0. The molecule has 156 valence electrons. The molecular weight excluding hydrogens is 394 g/mol. The van der Waals surface area contributed by atoms with Crippen LogP contribution in [0.1, 0.15) is 35.6 Å². The van der Waals surface area contributed by atoms with E-state index in [1.165, 1.54) is 16.7 Å². The van der Waals surface area contributed by atoms with Crippen LogP contribution in [0.5, 0.6) is 5.75 Å². The van der Waals surface area contributed by atoms with Crippen LogP contribution in [0, 0.1) is 0 Å². The van der Waals surface area contributed by atoms with Gasteiger partial charge in [-0.15, -0.1) is 0 Å². The third-order valence-electron chi connectivity index (χ3n) is 5.83. The third-order valence-corrected chi connectivity index (χ3v) is 6.14. The van der Waals surface area contributed by atoms with Crippen LogP contribution in [0.2, 0.25) is 5.02 Å². The molecule has 1 saturated heterocycles. The summed E-state index contributed by atoms with van der Waals surface area (Å²) < 4.78 is 6.15. The SMILES string of the molecule is CCc1ccccc1Cc1ccc(CO)c(N2CC[C@H](Oc3ccccc3Cl)C2)c1. The van der Waals surface area contributed by atoms with Gasteiger partial charge in [0.2, 0.25) is 0 Å². The summed E-state index contributed by atoms with van der Waals surface area (Å²) in [4.78, 5) is 2.32. The standard InChI is InChI=1S/C26H28ClNO2/c1-2-20-7-3-4-8-21(20)15-19-11-12-22(18-29)25(16-19)28-14-13-23(17-28)30-26-10-6-5-9-24(26)27/h3-12,16,23,29H,2,13-15,17-18H2,1H3/t23-/m0/s1. The molecule has 1 aliphatic heterocycles. The summed E-state index contributed by atoms with van der Waals surface area (Å²) in [5.74, 6) is 0.735. The van der Waals surface area contributed by atoms with Crippen molar-refractivity contribution in [3.8, 4) is 5.75 Å². The van der Waals surface area contributed by atoms with Gasteiger partial charge in [0.15, 0.2) is 0 Å². The van der Waals surface area contributed by atoms with E-state index in [9.17, 15) is 5.11 Å². The van der Waals surface area contributed by atoms with Gasteiger partial charge in [-0.2, -0.15) is 0 Å². The number of anilines is 1. The Balaban J connectivity index is 1.52. The molecule has 1 heterocycles. The van der Waals surface area contributed by atoms with Crippen molar-refractivity contribution in [2.45, 2.75) is 38.9 Å². The first-order chi connectivity index (χ1) is 14.7. The highest BCUT2D eigenvalue weighted by Crippen LogP contribution is 2.31. The molecule has 0 saturated carbocycles. The second-order valence-corrected chi connectivity index (χ2v) is 8.23. The summed E-state index contributed by atoms with van der Waals surface area (Å²) in [6, 6.07) is 22.7. The fraction of sp³-hybridized carbons (Fsp3) is 0.308. The van der Waals surface area contributed by atoms with Crippen LogP contribution in [0.25, 0.3) is 0 Å². The number of aliphatic hydroxyl groups excluding tert-OH is 1. The Bertz CT molecular complexity index is 1000. The molecule has 0 radical (unpaired) electrons. The summed E-state index contributed by atoms with van der Waals surface area (Å²) in [5.41, 5.74) is 6.08. The van der Waals surface area contributed by atoms with Crippen molar-refractivity contribution in [2.24, 2.45) is 0 Å². The summed E-state index contributed by atoms with van der Waals surface area (Å²) in [7, 11) is 0. The zero-order valence-corrected chi connectivity index (χ0v) is 18.1. The van der Waals surface area contributed by atoms with E-state index in [4.69, 9.17) is 16.3 Å². The highest BCUT2D eigenvalue weighted by atomic mass is 35.5. The van der Waals surface area contributed by atoms with Gasteiger partial charge in [-0.1, -0.05) is 67.1 Å². The molecule has 30 heavy (non-hydrogen) atoms. The van der Waals surface area contributed by atoms with E-state index in [0.29, 0.717) is 5.02 Å². The van der Waals surface area contributed by atoms with E-state index in [1.54, 1.807) is 0 Å². The Morgan fingerprint density at radius 3 is 2.53 bits per heavy atom. The molecule has 3 nitrogen and oxygen atoms in total. The maximum Gasteiger partial charge on any atom is 0.138 e. The summed E-state index contributed by atoms with van der Waals surface area (Å²) >= 11 is 6.25. The first kappa shape index (κ1) is 20.8. The van der Waals surface area contributed by atoms with Crippen LogP contribution in [0.15, 0.2) is 66.7 Å². The smallest absolute Gasteiger partial charge is 0.138 e. The van der Waals surface area contributed by atoms with Gasteiger partial charge >= 0.3 is 0 Å². The van der Waals surface area contributed by atoms with E-state index in [-0.39, 0.29) is 12.7 Å². The molecule has 0 aromatic heterocycles. The van der Waals surface area contributed by atoms with Gasteiger partial charge in [-0.05, 0) is 47.7 Å². The molecule has 1 fully saturated rings. The molecule has 4 rings (SSSR count). The zero-order valence-electron chi connectivity index (χ0n) is 17.4. The van der Waals surface area contributed by atoms with Gasteiger partial charge in [0.1, 0.15) is 11.9 Å². The topological polar surface area (TPSA) is 32.7 Å². The number of benzene rings is 3. The minimum atomic E-state index is 0.0354. The van der Waals surface area contributed by atoms with Crippen molar-refractivity contribution in [1.82, 2.24) is 0 Å². The maximum absolute atomic E-state index is 9.90. The average molecular weight is 422 g/mol. The molecule has 0 bridgehead atoms. The van der Waals surface area contributed by atoms with Gasteiger partial charge in [-0.3, -0.25) is 0 Å². The molecule has 0 amide bonds. The number of para-hydroxylation sites is 1. The molecule has 1 N–H and O–H groups in total. The monoisotopic (exact) mass is 421 g/mol. The summed E-state index contributed by atoms with van der Waals surface area (Å²) in [6.45, 7) is 3.92. The molecule has 1 atom stereocenters. The molecule has 4 heteroatoms. The van der Waals surface area contributed by atoms with Gasteiger partial charge < -0.3 is 14.7 Å². The number of aliphatic hydroxyl groups is 1. The van der Waals surface area contributed by atoms with Crippen molar-refractivity contribution < 1.29 is 9.84 Å². The van der Waals surface area contributed by atoms with Crippen molar-refractivity contribution in [1.29, 1.82) is 0 Å². The number of nitrogens with zero attached hydrogens (tertiary/aromatic N) is 1. The fourth-order valence-corrected chi connectivity index (χ4v) is 4.39. The minimum absolute atomic E-state index is 0.0354. The molecule has 1 aliphatic rings. The number of hydrogen-bond acceptors (Lipinski definition) is 3. The van der Waals surface area contributed by atoms with Crippen molar-refractivity contribution >= 4 is 17.3 Å². The lowest BCUT2D eigenvalue weighted by molar-refractivity contribution is 0.225. The largest absolute Gasteiger partial charge is 0.487 e. The Morgan fingerprint density at radius 2 is 1.77 bits per heavy atom. The van der Waals surface area contributed by atoms with E-state index in [2.05, 4.69) is 54.3 Å². The van der Waals surface area contributed by atoms with E-state index in [0.717, 1.165) is 49.4 Å². The molecule has 0 aliphatic carbocycles. The van der Waals surface area contributed by atoms with Crippen LogP contribution < -0.4 is 9.64 Å². The van der Waals surface area contributed by atoms with Crippen molar-refractivity contribution in [2.75, 3.05) is 18.0 Å². The lowest BCUT2D eigenvalue weighted by Gasteiger charge is -2.23. The third kappa shape index (κ3) is 4.63. The van der Waals surface area contributed by atoms with Gasteiger partial charge in [0.05, 0.1) is 18.2 Å². The lowest BCUT2D eigenvalue weighted by Crippen LogP contribution is -2.25. The second kappa shape index (κ2) is 9.55. The van der Waals surface area contributed by atoms with Crippen LogP contribution in [-0.4, -0.2) is 24.3 Å². The van der Waals surface area contributed by atoms with Gasteiger partial charge in [0.25, 0.3) is 0 Å². The lowest BCUT2D eigenvalue weighted by atomic mass is 9.97. The van der Waals surface area contributed by atoms with Crippen LogP contribution in [-0.2, 0) is 19.4 Å². The first-order valence-electron chi connectivity index (χ1n) is 10.6. The number of halogens is 1. The maximum atomic E-state index is 9.90.